The maximum atomic E-state index is 4.14. The first kappa shape index (κ1) is 20.2. The van der Waals surface area contributed by atoms with Crippen molar-refractivity contribution in [3.63, 3.8) is 0 Å². The van der Waals surface area contributed by atoms with Crippen LogP contribution in [0.25, 0.3) is 0 Å². The molecule has 1 aromatic carbocycles. The van der Waals surface area contributed by atoms with Gasteiger partial charge < -0.3 is 15.5 Å². The van der Waals surface area contributed by atoms with Crippen LogP contribution in [-0.2, 0) is 0 Å². The van der Waals surface area contributed by atoms with Crippen molar-refractivity contribution in [1.82, 2.24) is 20.4 Å². The van der Waals surface area contributed by atoms with E-state index in [1.165, 1.54) is 5.56 Å². The lowest BCUT2D eigenvalue weighted by atomic mass is 10.0. The van der Waals surface area contributed by atoms with E-state index in [-0.39, 0.29) is 24.0 Å². The number of nitrogens with zero attached hydrogens (tertiary/aromatic N) is 3. The minimum atomic E-state index is 0. The minimum Gasteiger partial charge on any atom is -0.359 e. The highest BCUT2D eigenvalue weighted by atomic mass is 127. The molecule has 1 aromatic rings. The zero-order chi connectivity index (χ0) is 15.8. The number of benzene rings is 1. The van der Waals surface area contributed by atoms with Crippen LogP contribution in [0, 0.1) is 0 Å². The zero-order valence-corrected chi connectivity index (χ0v) is 16.8. The second-order valence-electron chi connectivity index (χ2n) is 5.83. The van der Waals surface area contributed by atoms with E-state index in [1.807, 2.05) is 7.05 Å². The van der Waals surface area contributed by atoms with E-state index < -0.39 is 0 Å². The normalized spacial score (nSPS) is 20.0. The Bertz CT molecular complexity index is 465. The summed E-state index contributed by atoms with van der Waals surface area (Å²) < 4.78 is 0. The molecule has 1 fully saturated rings. The number of likely N-dealkylation sites (N-methyl/N-ethyl adjacent to an activating group) is 1. The van der Waals surface area contributed by atoms with Crippen LogP contribution in [0.3, 0.4) is 0 Å². The number of nitrogens with one attached hydrogen (secondary N) is 2. The number of hydrogen-bond acceptors (Lipinski definition) is 3. The Hall–Kier alpha value is -0.860. The van der Waals surface area contributed by atoms with Crippen LogP contribution in [-0.4, -0.2) is 69.6 Å². The molecule has 1 unspecified atom stereocenters. The van der Waals surface area contributed by atoms with Crippen molar-refractivity contribution in [2.45, 2.75) is 12.5 Å². The summed E-state index contributed by atoms with van der Waals surface area (Å²) in [5, 5.41) is 6.37. The van der Waals surface area contributed by atoms with E-state index in [0.29, 0.717) is 6.04 Å². The molecule has 1 aliphatic heterocycles. The molecule has 0 bridgehead atoms. The molecule has 23 heavy (non-hydrogen) atoms. The highest BCUT2D eigenvalue weighted by Crippen LogP contribution is 2.24. The van der Waals surface area contributed by atoms with E-state index in [1.54, 1.807) is 7.05 Å². The molecule has 5 nitrogen and oxygen atoms in total. The first-order valence-corrected chi connectivity index (χ1v) is 8.10. The monoisotopic (exact) mass is 431 g/mol. The van der Waals surface area contributed by atoms with Gasteiger partial charge in [0.25, 0.3) is 0 Å². The SMILES string of the molecule is CN=C(NC)NCCCN1CCN(C)CC1c1ccccc1.I. The van der Waals surface area contributed by atoms with Gasteiger partial charge in [0, 0.05) is 52.9 Å². The lowest BCUT2D eigenvalue weighted by Gasteiger charge is -2.40. The van der Waals surface area contributed by atoms with Gasteiger partial charge in [-0.25, -0.2) is 0 Å². The van der Waals surface area contributed by atoms with E-state index in [0.717, 1.165) is 45.1 Å². The molecule has 2 N–H and O–H groups in total. The van der Waals surface area contributed by atoms with Gasteiger partial charge in [0.05, 0.1) is 0 Å². The van der Waals surface area contributed by atoms with Crippen LogP contribution >= 0.6 is 24.0 Å². The fourth-order valence-corrected chi connectivity index (χ4v) is 2.98. The fourth-order valence-electron chi connectivity index (χ4n) is 2.98. The van der Waals surface area contributed by atoms with Crippen molar-refractivity contribution in [1.29, 1.82) is 0 Å². The van der Waals surface area contributed by atoms with Gasteiger partial charge >= 0.3 is 0 Å². The molecule has 0 spiro atoms. The van der Waals surface area contributed by atoms with Gasteiger partial charge in [-0.1, -0.05) is 30.3 Å². The zero-order valence-electron chi connectivity index (χ0n) is 14.5. The largest absolute Gasteiger partial charge is 0.359 e. The molecule has 6 heteroatoms. The number of hydrogen-bond donors (Lipinski definition) is 2. The number of halogens is 1. The number of rotatable bonds is 5. The summed E-state index contributed by atoms with van der Waals surface area (Å²) >= 11 is 0. The molecule has 2 rings (SSSR count). The third kappa shape index (κ3) is 6.27. The van der Waals surface area contributed by atoms with Crippen LogP contribution in [0.4, 0.5) is 0 Å². The fraction of sp³-hybridized carbons (Fsp3) is 0.588. The van der Waals surface area contributed by atoms with Gasteiger partial charge in [0.1, 0.15) is 0 Å². The van der Waals surface area contributed by atoms with Gasteiger partial charge in [-0.3, -0.25) is 9.89 Å². The van der Waals surface area contributed by atoms with Gasteiger partial charge in [0.15, 0.2) is 5.96 Å². The minimum absolute atomic E-state index is 0. The Labute approximate surface area is 157 Å². The smallest absolute Gasteiger partial charge is 0.190 e. The summed E-state index contributed by atoms with van der Waals surface area (Å²) in [6.45, 7) is 5.45. The molecule has 0 saturated carbocycles. The summed E-state index contributed by atoms with van der Waals surface area (Å²) in [7, 11) is 5.90. The van der Waals surface area contributed by atoms with Crippen molar-refractivity contribution >= 4 is 29.9 Å². The van der Waals surface area contributed by atoms with Crippen molar-refractivity contribution in [2.24, 2.45) is 4.99 Å². The molecule has 1 aliphatic rings. The van der Waals surface area contributed by atoms with Crippen LogP contribution in [0.15, 0.2) is 35.3 Å². The molecule has 1 heterocycles. The van der Waals surface area contributed by atoms with Gasteiger partial charge in [-0.05, 0) is 19.0 Å². The highest BCUT2D eigenvalue weighted by Gasteiger charge is 2.25. The Morgan fingerprint density at radius 2 is 2.00 bits per heavy atom. The van der Waals surface area contributed by atoms with Gasteiger partial charge in [-0.2, -0.15) is 0 Å². The summed E-state index contributed by atoms with van der Waals surface area (Å²) in [6.07, 6.45) is 1.12. The highest BCUT2D eigenvalue weighted by molar-refractivity contribution is 14.0. The second-order valence-corrected chi connectivity index (χ2v) is 5.83. The summed E-state index contributed by atoms with van der Waals surface area (Å²) in [5.41, 5.74) is 1.42. The van der Waals surface area contributed by atoms with Crippen molar-refractivity contribution in [3.8, 4) is 0 Å². The van der Waals surface area contributed by atoms with Crippen molar-refractivity contribution in [2.75, 3.05) is 53.9 Å². The van der Waals surface area contributed by atoms with E-state index >= 15 is 0 Å². The third-order valence-electron chi connectivity index (χ3n) is 4.25. The lowest BCUT2D eigenvalue weighted by Crippen LogP contribution is -2.47. The van der Waals surface area contributed by atoms with E-state index in [4.69, 9.17) is 0 Å². The lowest BCUT2D eigenvalue weighted by molar-refractivity contribution is 0.0891. The second kappa shape index (κ2) is 10.8. The van der Waals surface area contributed by atoms with E-state index in [9.17, 15) is 0 Å². The number of guanidine groups is 1. The Morgan fingerprint density at radius 1 is 1.26 bits per heavy atom. The molecule has 0 radical (unpaired) electrons. The molecule has 0 amide bonds. The molecule has 1 saturated heterocycles. The van der Waals surface area contributed by atoms with Crippen molar-refractivity contribution < 1.29 is 0 Å². The summed E-state index contributed by atoms with van der Waals surface area (Å²) in [6, 6.07) is 11.4. The molecule has 130 valence electrons. The Kier molecular flexibility index (Phi) is 9.50. The topological polar surface area (TPSA) is 42.9 Å². The molecular formula is C17H30IN5. The summed E-state index contributed by atoms with van der Waals surface area (Å²) in [5.74, 6) is 0.859. The number of piperazine rings is 1. The first-order chi connectivity index (χ1) is 10.7. The summed E-state index contributed by atoms with van der Waals surface area (Å²) in [4.78, 5) is 9.17. The molecule has 1 atom stereocenters. The first-order valence-electron chi connectivity index (χ1n) is 8.10. The van der Waals surface area contributed by atoms with E-state index in [2.05, 4.69) is 62.8 Å². The van der Waals surface area contributed by atoms with Crippen molar-refractivity contribution in [3.05, 3.63) is 35.9 Å². The Morgan fingerprint density at radius 3 is 2.65 bits per heavy atom. The van der Waals surface area contributed by atoms with Crippen LogP contribution in [0.1, 0.15) is 18.0 Å². The Balaban J connectivity index is 0.00000264. The average Bonchev–Trinajstić information content (AvgIpc) is 2.57. The average molecular weight is 431 g/mol. The van der Waals surface area contributed by atoms with Crippen LogP contribution in [0.2, 0.25) is 0 Å². The maximum absolute atomic E-state index is 4.14. The number of aliphatic imine (C=N–C) groups is 1. The van der Waals surface area contributed by atoms with Gasteiger partial charge in [-0.15, -0.1) is 24.0 Å². The predicted molar refractivity (Wildman–Crippen MR) is 109 cm³/mol. The molecule has 0 aromatic heterocycles. The maximum Gasteiger partial charge on any atom is 0.190 e. The quantitative estimate of drug-likeness (QED) is 0.323. The van der Waals surface area contributed by atoms with Crippen LogP contribution < -0.4 is 10.6 Å². The predicted octanol–water partition coefficient (Wildman–Crippen LogP) is 1.78. The third-order valence-corrected chi connectivity index (χ3v) is 4.25. The van der Waals surface area contributed by atoms with Gasteiger partial charge in [0.2, 0.25) is 0 Å². The molecular weight excluding hydrogens is 401 g/mol. The van der Waals surface area contributed by atoms with Crippen LogP contribution in [0.5, 0.6) is 0 Å². The standard InChI is InChI=1S/C17H29N5.HI/c1-18-17(19-2)20-10-7-11-22-13-12-21(3)14-16(22)15-8-5-4-6-9-15;/h4-6,8-9,16H,7,10-14H2,1-3H3,(H2,18,19,20);1H. The molecule has 0 aliphatic carbocycles.